The lowest BCUT2D eigenvalue weighted by Gasteiger charge is -2.09. The van der Waals surface area contributed by atoms with Crippen molar-refractivity contribution >= 4 is 23.2 Å². The van der Waals surface area contributed by atoms with E-state index >= 15 is 0 Å². The lowest BCUT2D eigenvalue weighted by atomic mass is 10.1. The van der Waals surface area contributed by atoms with Crippen LogP contribution in [0.2, 0.25) is 10.0 Å². The minimum atomic E-state index is 0.267. The third kappa shape index (κ3) is 3.56. The number of benzene rings is 2. The van der Waals surface area contributed by atoms with Gasteiger partial charge < -0.3 is 15.4 Å². The van der Waals surface area contributed by atoms with Crippen LogP contribution in [0.5, 0.6) is 5.75 Å². The SMILES string of the molecule is NCc1c(-c2ccc(Cl)cc2Cl)ncn1CCc1ccc(O)cc1. The van der Waals surface area contributed by atoms with Gasteiger partial charge in [-0.15, -0.1) is 0 Å². The predicted octanol–water partition coefficient (Wildman–Crippen LogP) is 4.26. The summed E-state index contributed by atoms with van der Waals surface area (Å²) < 4.78 is 2.03. The van der Waals surface area contributed by atoms with Gasteiger partial charge in [-0.05, 0) is 42.3 Å². The molecule has 1 aromatic heterocycles. The van der Waals surface area contributed by atoms with Crippen LogP contribution in [0.3, 0.4) is 0 Å². The summed E-state index contributed by atoms with van der Waals surface area (Å²) in [6.45, 7) is 1.11. The Labute approximate surface area is 150 Å². The van der Waals surface area contributed by atoms with Crippen molar-refractivity contribution in [1.82, 2.24) is 9.55 Å². The molecule has 0 aliphatic carbocycles. The first-order valence-electron chi connectivity index (χ1n) is 7.56. The third-order valence-corrected chi connectivity index (χ3v) is 4.45. The zero-order chi connectivity index (χ0) is 17.1. The van der Waals surface area contributed by atoms with Crippen molar-refractivity contribution in [1.29, 1.82) is 0 Å². The minimum absolute atomic E-state index is 0.267. The van der Waals surface area contributed by atoms with Crippen molar-refractivity contribution in [3.8, 4) is 17.0 Å². The average molecular weight is 362 g/mol. The maximum absolute atomic E-state index is 9.35. The van der Waals surface area contributed by atoms with Gasteiger partial charge in [-0.3, -0.25) is 0 Å². The number of phenolic OH excluding ortho intramolecular Hbond substituents is 1. The molecule has 6 heteroatoms. The number of nitrogens with two attached hydrogens (primary N) is 1. The first kappa shape index (κ1) is 16.8. The maximum atomic E-state index is 9.35. The highest BCUT2D eigenvalue weighted by Gasteiger charge is 2.14. The molecule has 0 saturated carbocycles. The topological polar surface area (TPSA) is 64.1 Å². The number of hydrogen-bond acceptors (Lipinski definition) is 3. The number of hydrogen-bond donors (Lipinski definition) is 2. The van der Waals surface area contributed by atoms with Crippen LogP contribution >= 0.6 is 23.2 Å². The summed E-state index contributed by atoms with van der Waals surface area (Å²) in [6.07, 6.45) is 2.60. The molecule has 24 heavy (non-hydrogen) atoms. The lowest BCUT2D eigenvalue weighted by molar-refractivity contribution is 0.475. The largest absolute Gasteiger partial charge is 0.508 e. The van der Waals surface area contributed by atoms with Gasteiger partial charge in [0, 0.05) is 23.7 Å². The van der Waals surface area contributed by atoms with Crippen LogP contribution in [0, 0.1) is 0 Å². The third-order valence-electron chi connectivity index (χ3n) is 3.90. The van der Waals surface area contributed by atoms with E-state index in [4.69, 9.17) is 28.9 Å². The summed E-state index contributed by atoms with van der Waals surface area (Å²) in [5.41, 5.74) is 9.61. The molecule has 0 unspecified atom stereocenters. The fourth-order valence-corrected chi connectivity index (χ4v) is 3.13. The van der Waals surface area contributed by atoms with Crippen molar-refractivity contribution < 1.29 is 5.11 Å². The van der Waals surface area contributed by atoms with Gasteiger partial charge in [-0.1, -0.05) is 35.3 Å². The van der Waals surface area contributed by atoms with E-state index in [0.717, 1.165) is 35.5 Å². The van der Waals surface area contributed by atoms with Crippen LogP contribution in [-0.2, 0) is 19.5 Å². The number of rotatable bonds is 5. The number of halogens is 2. The molecule has 3 rings (SSSR count). The summed E-state index contributed by atoms with van der Waals surface area (Å²) in [6, 6.07) is 12.5. The van der Waals surface area contributed by atoms with E-state index in [9.17, 15) is 5.11 Å². The van der Waals surface area contributed by atoms with E-state index in [0.29, 0.717) is 16.6 Å². The summed E-state index contributed by atoms with van der Waals surface area (Å²) in [5.74, 6) is 0.267. The second-order valence-corrected chi connectivity index (χ2v) is 6.32. The minimum Gasteiger partial charge on any atom is -0.508 e. The van der Waals surface area contributed by atoms with Gasteiger partial charge in [0.15, 0.2) is 0 Å². The molecule has 124 valence electrons. The first-order chi connectivity index (χ1) is 11.6. The van der Waals surface area contributed by atoms with Crippen molar-refractivity contribution in [2.24, 2.45) is 5.73 Å². The summed E-state index contributed by atoms with van der Waals surface area (Å²) in [4.78, 5) is 4.49. The Morgan fingerprint density at radius 3 is 2.50 bits per heavy atom. The molecule has 0 aliphatic rings. The van der Waals surface area contributed by atoms with Crippen molar-refractivity contribution in [3.05, 3.63) is 70.1 Å². The van der Waals surface area contributed by atoms with Crippen LogP contribution < -0.4 is 5.73 Å². The molecule has 0 saturated heterocycles. The zero-order valence-electron chi connectivity index (χ0n) is 12.9. The van der Waals surface area contributed by atoms with Gasteiger partial charge in [-0.2, -0.15) is 0 Å². The number of nitrogens with zero attached hydrogens (tertiary/aromatic N) is 2. The van der Waals surface area contributed by atoms with E-state index in [-0.39, 0.29) is 5.75 Å². The second-order valence-electron chi connectivity index (χ2n) is 5.48. The van der Waals surface area contributed by atoms with Crippen molar-refractivity contribution in [2.45, 2.75) is 19.5 Å². The number of phenols is 1. The number of aromatic hydroxyl groups is 1. The van der Waals surface area contributed by atoms with E-state index in [1.165, 1.54) is 0 Å². The van der Waals surface area contributed by atoms with Gasteiger partial charge in [-0.25, -0.2) is 4.98 Å². The van der Waals surface area contributed by atoms with Crippen LogP contribution in [0.25, 0.3) is 11.3 Å². The van der Waals surface area contributed by atoms with E-state index < -0.39 is 0 Å². The Balaban J connectivity index is 1.85. The number of imidazole rings is 1. The molecule has 0 fully saturated rings. The number of aromatic nitrogens is 2. The summed E-state index contributed by atoms with van der Waals surface area (Å²) >= 11 is 12.3. The molecule has 0 spiro atoms. The van der Waals surface area contributed by atoms with Gasteiger partial charge in [0.05, 0.1) is 22.7 Å². The maximum Gasteiger partial charge on any atom is 0.115 e. The van der Waals surface area contributed by atoms with Gasteiger partial charge in [0.1, 0.15) is 5.75 Å². The summed E-state index contributed by atoms with van der Waals surface area (Å²) in [7, 11) is 0. The van der Waals surface area contributed by atoms with E-state index in [1.807, 2.05) is 22.8 Å². The molecule has 1 heterocycles. The smallest absolute Gasteiger partial charge is 0.115 e. The Hall–Kier alpha value is -2.01. The highest BCUT2D eigenvalue weighted by Crippen LogP contribution is 2.31. The molecular formula is C18H17Cl2N3O. The normalized spacial score (nSPS) is 11.0. The molecule has 0 bridgehead atoms. The molecule has 3 aromatic rings. The Morgan fingerprint density at radius 2 is 1.83 bits per heavy atom. The molecule has 2 aromatic carbocycles. The number of aryl methyl sites for hydroxylation is 2. The van der Waals surface area contributed by atoms with Crippen LogP contribution in [0.4, 0.5) is 0 Å². The van der Waals surface area contributed by atoms with E-state index in [1.54, 1.807) is 30.6 Å². The van der Waals surface area contributed by atoms with Crippen molar-refractivity contribution in [3.63, 3.8) is 0 Å². The van der Waals surface area contributed by atoms with Gasteiger partial charge in [0.2, 0.25) is 0 Å². The molecule has 0 amide bonds. The van der Waals surface area contributed by atoms with Crippen LogP contribution in [0.1, 0.15) is 11.3 Å². The molecule has 4 nitrogen and oxygen atoms in total. The lowest BCUT2D eigenvalue weighted by Crippen LogP contribution is -2.09. The standard InChI is InChI=1S/C18H17Cl2N3O/c19-13-3-6-15(16(20)9-13)18-17(10-21)23(11-22-18)8-7-12-1-4-14(24)5-2-12/h1-6,9,11,24H,7-8,10,21H2. The Morgan fingerprint density at radius 1 is 1.08 bits per heavy atom. The highest BCUT2D eigenvalue weighted by molar-refractivity contribution is 6.36. The van der Waals surface area contributed by atoms with E-state index in [2.05, 4.69) is 4.98 Å². The molecular weight excluding hydrogens is 345 g/mol. The highest BCUT2D eigenvalue weighted by atomic mass is 35.5. The fraction of sp³-hybridized carbons (Fsp3) is 0.167. The quantitative estimate of drug-likeness (QED) is 0.713. The fourth-order valence-electron chi connectivity index (χ4n) is 2.63. The van der Waals surface area contributed by atoms with Gasteiger partial charge in [0.25, 0.3) is 0 Å². The molecule has 0 aliphatic heterocycles. The second kappa shape index (κ2) is 7.26. The summed E-state index contributed by atoms with van der Waals surface area (Å²) in [5, 5.41) is 10.5. The Kier molecular flexibility index (Phi) is 5.09. The monoisotopic (exact) mass is 361 g/mol. The Bertz CT molecular complexity index is 844. The van der Waals surface area contributed by atoms with Crippen LogP contribution in [-0.4, -0.2) is 14.7 Å². The van der Waals surface area contributed by atoms with Gasteiger partial charge >= 0.3 is 0 Å². The first-order valence-corrected chi connectivity index (χ1v) is 8.31. The predicted molar refractivity (Wildman–Crippen MR) is 97.4 cm³/mol. The average Bonchev–Trinajstić information content (AvgIpc) is 2.97. The zero-order valence-corrected chi connectivity index (χ0v) is 14.4. The molecule has 0 radical (unpaired) electrons. The molecule has 3 N–H and O–H groups in total. The molecule has 0 atom stereocenters. The van der Waals surface area contributed by atoms with Crippen LogP contribution in [0.15, 0.2) is 48.8 Å². The van der Waals surface area contributed by atoms with Crippen molar-refractivity contribution in [2.75, 3.05) is 0 Å².